The van der Waals surface area contributed by atoms with E-state index in [1.807, 2.05) is 20.8 Å². The molecule has 0 spiro atoms. The van der Waals surface area contributed by atoms with Crippen LogP contribution in [0.3, 0.4) is 0 Å². The Morgan fingerprint density at radius 2 is 2.00 bits per heavy atom. The fraction of sp³-hybridized carbons (Fsp3) is 0.643. The number of carboxylic acid groups (broad SMARTS) is 1. The first kappa shape index (κ1) is 16.4. The molecular weight excluding hydrogens is 260 g/mol. The largest absolute Gasteiger partial charge is 0.481 e. The van der Waals surface area contributed by atoms with Crippen LogP contribution < -0.4 is 5.69 Å². The molecule has 0 saturated heterocycles. The van der Waals surface area contributed by atoms with Crippen molar-refractivity contribution < 1.29 is 14.6 Å². The Kier molecular flexibility index (Phi) is 5.05. The highest BCUT2D eigenvalue weighted by atomic mass is 16.5. The van der Waals surface area contributed by atoms with Crippen LogP contribution in [0.25, 0.3) is 0 Å². The highest BCUT2D eigenvalue weighted by molar-refractivity contribution is 5.67. The SMILES string of the molecule is COCC(C)(C)n1c(C)c(CCC(=O)O)c(C)nc1=O. The minimum Gasteiger partial charge on any atom is -0.481 e. The summed E-state index contributed by atoms with van der Waals surface area (Å²) in [5, 5.41) is 8.82. The second kappa shape index (κ2) is 6.17. The molecule has 1 rings (SSSR count). The van der Waals surface area contributed by atoms with Gasteiger partial charge in [0, 0.05) is 24.9 Å². The topological polar surface area (TPSA) is 81.4 Å². The van der Waals surface area contributed by atoms with Crippen LogP contribution in [0.5, 0.6) is 0 Å². The van der Waals surface area contributed by atoms with Crippen molar-refractivity contribution in [2.24, 2.45) is 0 Å². The van der Waals surface area contributed by atoms with Gasteiger partial charge in [0.1, 0.15) is 0 Å². The molecule has 0 atom stereocenters. The first-order valence-corrected chi connectivity index (χ1v) is 6.51. The van der Waals surface area contributed by atoms with Gasteiger partial charge in [-0.25, -0.2) is 4.79 Å². The third-order valence-corrected chi connectivity index (χ3v) is 3.36. The number of methoxy groups -OCH3 is 1. The lowest BCUT2D eigenvalue weighted by atomic mass is 10.0. The maximum absolute atomic E-state index is 12.2. The number of hydrogen-bond acceptors (Lipinski definition) is 4. The third-order valence-electron chi connectivity index (χ3n) is 3.36. The van der Waals surface area contributed by atoms with Crippen molar-refractivity contribution in [3.8, 4) is 0 Å². The van der Waals surface area contributed by atoms with Crippen LogP contribution in [0.4, 0.5) is 0 Å². The van der Waals surface area contributed by atoms with E-state index in [0.29, 0.717) is 18.7 Å². The maximum Gasteiger partial charge on any atom is 0.348 e. The van der Waals surface area contributed by atoms with E-state index in [0.717, 1.165) is 11.3 Å². The third kappa shape index (κ3) is 3.45. The van der Waals surface area contributed by atoms with E-state index in [9.17, 15) is 9.59 Å². The summed E-state index contributed by atoms with van der Waals surface area (Å²) >= 11 is 0. The Balaban J connectivity index is 3.36. The fourth-order valence-corrected chi connectivity index (χ4v) is 2.53. The summed E-state index contributed by atoms with van der Waals surface area (Å²) in [6.07, 6.45) is 0.385. The first-order valence-electron chi connectivity index (χ1n) is 6.51. The van der Waals surface area contributed by atoms with Crippen LogP contribution in [0.1, 0.15) is 37.2 Å². The summed E-state index contributed by atoms with van der Waals surface area (Å²) < 4.78 is 6.74. The van der Waals surface area contributed by atoms with Crippen LogP contribution in [0, 0.1) is 13.8 Å². The molecule has 6 heteroatoms. The molecule has 0 radical (unpaired) electrons. The number of carboxylic acids is 1. The Labute approximate surface area is 118 Å². The fourth-order valence-electron chi connectivity index (χ4n) is 2.53. The zero-order valence-electron chi connectivity index (χ0n) is 12.7. The predicted molar refractivity (Wildman–Crippen MR) is 75.1 cm³/mol. The zero-order valence-corrected chi connectivity index (χ0v) is 12.7. The molecule has 1 heterocycles. The first-order chi connectivity index (χ1) is 9.20. The molecule has 0 saturated carbocycles. The predicted octanol–water partition coefficient (Wildman–Crippen LogP) is 1.26. The summed E-state index contributed by atoms with van der Waals surface area (Å²) in [5.74, 6) is -0.863. The van der Waals surface area contributed by atoms with Gasteiger partial charge in [0.05, 0.1) is 12.1 Å². The molecule has 0 aliphatic heterocycles. The molecule has 0 aliphatic rings. The van der Waals surface area contributed by atoms with E-state index in [1.165, 1.54) is 0 Å². The van der Waals surface area contributed by atoms with E-state index in [2.05, 4.69) is 4.98 Å². The van der Waals surface area contributed by atoms with Crippen LogP contribution in [0.2, 0.25) is 0 Å². The highest BCUT2D eigenvalue weighted by Crippen LogP contribution is 2.20. The van der Waals surface area contributed by atoms with Gasteiger partial charge in [0.25, 0.3) is 0 Å². The molecule has 0 aromatic carbocycles. The molecule has 6 nitrogen and oxygen atoms in total. The number of rotatable bonds is 6. The maximum atomic E-state index is 12.2. The number of aromatic nitrogens is 2. The van der Waals surface area contributed by atoms with Gasteiger partial charge in [-0.3, -0.25) is 9.36 Å². The van der Waals surface area contributed by atoms with Crippen LogP contribution in [-0.4, -0.2) is 34.3 Å². The molecule has 1 aromatic rings. The summed E-state index contributed by atoms with van der Waals surface area (Å²) in [7, 11) is 1.58. The van der Waals surface area contributed by atoms with E-state index >= 15 is 0 Å². The number of hydrogen-bond donors (Lipinski definition) is 1. The number of nitrogens with zero attached hydrogens (tertiary/aromatic N) is 2. The van der Waals surface area contributed by atoms with E-state index in [1.54, 1.807) is 18.6 Å². The lowest BCUT2D eigenvalue weighted by Gasteiger charge is -2.29. The van der Waals surface area contributed by atoms with Gasteiger partial charge in [-0.1, -0.05) is 0 Å². The second-order valence-electron chi connectivity index (χ2n) is 5.52. The second-order valence-corrected chi connectivity index (χ2v) is 5.52. The minimum absolute atomic E-state index is 0.0201. The highest BCUT2D eigenvalue weighted by Gasteiger charge is 2.25. The van der Waals surface area contributed by atoms with Crippen molar-refractivity contribution >= 4 is 5.97 Å². The van der Waals surface area contributed by atoms with Gasteiger partial charge in [-0.15, -0.1) is 0 Å². The van der Waals surface area contributed by atoms with Gasteiger partial charge in [0.2, 0.25) is 0 Å². The van der Waals surface area contributed by atoms with Crippen molar-refractivity contribution in [1.82, 2.24) is 9.55 Å². The molecule has 20 heavy (non-hydrogen) atoms. The average Bonchev–Trinajstić information content (AvgIpc) is 2.26. The lowest BCUT2D eigenvalue weighted by molar-refractivity contribution is -0.136. The normalized spacial score (nSPS) is 11.7. The minimum atomic E-state index is -0.863. The molecule has 0 unspecified atom stereocenters. The van der Waals surface area contributed by atoms with Crippen LogP contribution >= 0.6 is 0 Å². The monoisotopic (exact) mass is 282 g/mol. The molecular formula is C14H22N2O4. The molecule has 112 valence electrons. The molecule has 0 aliphatic carbocycles. The van der Waals surface area contributed by atoms with Crippen molar-refractivity contribution in [1.29, 1.82) is 0 Å². The Morgan fingerprint density at radius 1 is 1.40 bits per heavy atom. The molecule has 0 fully saturated rings. The van der Waals surface area contributed by atoms with Crippen molar-refractivity contribution in [2.45, 2.75) is 46.1 Å². The van der Waals surface area contributed by atoms with E-state index < -0.39 is 11.5 Å². The molecule has 1 aromatic heterocycles. The Hall–Kier alpha value is -1.69. The van der Waals surface area contributed by atoms with Crippen molar-refractivity contribution in [2.75, 3.05) is 13.7 Å². The number of aliphatic carboxylic acids is 1. The van der Waals surface area contributed by atoms with E-state index in [4.69, 9.17) is 9.84 Å². The van der Waals surface area contributed by atoms with Crippen LogP contribution in [-0.2, 0) is 21.5 Å². The number of carbonyl (C=O) groups is 1. The smallest absolute Gasteiger partial charge is 0.348 e. The van der Waals surface area contributed by atoms with E-state index in [-0.39, 0.29) is 12.1 Å². The van der Waals surface area contributed by atoms with Gasteiger partial charge in [-0.2, -0.15) is 4.98 Å². The summed E-state index contributed by atoms with van der Waals surface area (Å²) in [6.45, 7) is 7.71. The zero-order chi connectivity index (χ0) is 15.5. The van der Waals surface area contributed by atoms with Gasteiger partial charge in [0.15, 0.2) is 0 Å². The average molecular weight is 282 g/mol. The molecule has 0 bridgehead atoms. The van der Waals surface area contributed by atoms with Gasteiger partial charge < -0.3 is 9.84 Å². The van der Waals surface area contributed by atoms with Crippen LogP contribution in [0.15, 0.2) is 4.79 Å². The Morgan fingerprint density at radius 3 is 2.50 bits per heavy atom. The molecule has 0 amide bonds. The number of aryl methyl sites for hydroxylation is 1. The quantitative estimate of drug-likeness (QED) is 0.849. The Bertz CT molecular complexity index is 561. The molecule has 1 N–H and O–H groups in total. The summed E-state index contributed by atoms with van der Waals surface area (Å²) in [6, 6.07) is 0. The lowest BCUT2D eigenvalue weighted by Crippen LogP contribution is -2.43. The number of ether oxygens (including phenoxy) is 1. The van der Waals surface area contributed by atoms with Crippen molar-refractivity contribution in [3.63, 3.8) is 0 Å². The summed E-state index contributed by atoms with van der Waals surface area (Å²) in [4.78, 5) is 26.9. The van der Waals surface area contributed by atoms with Gasteiger partial charge >= 0.3 is 11.7 Å². The van der Waals surface area contributed by atoms with Crippen molar-refractivity contribution in [3.05, 3.63) is 27.4 Å². The van der Waals surface area contributed by atoms with Gasteiger partial charge in [-0.05, 0) is 39.7 Å². The summed E-state index contributed by atoms with van der Waals surface area (Å²) in [5.41, 5.74) is 1.30. The standard InChI is InChI=1S/C14H22N2O4/c1-9-11(6-7-12(17)18)10(2)16(13(19)15-9)14(3,4)8-20-5/h6-8H2,1-5H3,(H,17,18).